The average molecular weight is 535 g/mol. The zero-order chi connectivity index (χ0) is 27.4. The number of anilines is 2. The average Bonchev–Trinajstić information content (AvgIpc) is 2.90. The fourth-order valence-electron chi connectivity index (χ4n) is 3.67. The number of para-hydroxylation sites is 1. The van der Waals surface area contributed by atoms with Crippen LogP contribution in [0.2, 0.25) is 0 Å². The van der Waals surface area contributed by atoms with Gasteiger partial charge >= 0.3 is 5.97 Å². The van der Waals surface area contributed by atoms with E-state index in [9.17, 15) is 28.4 Å². The Bertz CT molecular complexity index is 1700. The first-order chi connectivity index (χ1) is 18.1. The molecule has 0 heterocycles. The second kappa shape index (κ2) is 10.6. The number of nitrogens with one attached hydrogen (secondary N) is 2. The number of carboxylic acids is 1. The Morgan fingerprint density at radius 3 is 2.39 bits per heavy atom. The molecule has 0 aliphatic heterocycles. The van der Waals surface area contributed by atoms with Crippen molar-refractivity contribution in [3.8, 4) is 5.75 Å². The van der Waals surface area contributed by atoms with E-state index in [-0.39, 0.29) is 16.9 Å². The van der Waals surface area contributed by atoms with Crippen LogP contribution < -0.4 is 14.9 Å². The smallest absolute Gasteiger partial charge is 0.337 e. The van der Waals surface area contributed by atoms with Crippen molar-refractivity contribution in [1.82, 2.24) is 0 Å². The molecule has 0 atom stereocenters. The maximum Gasteiger partial charge on any atom is 0.337 e. The van der Waals surface area contributed by atoms with E-state index >= 15 is 0 Å². The number of nitrogens with zero attached hydrogens (tertiary/aromatic N) is 2. The highest BCUT2D eigenvalue weighted by molar-refractivity contribution is 7.92. The summed E-state index contributed by atoms with van der Waals surface area (Å²) in [6.45, 7) is 1.73. The Kier molecular flexibility index (Phi) is 7.26. The van der Waals surface area contributed by atoms with Gasteiger partial charge in [-0.1, -0.05) is 30.3 Å². The minimum absolute atomic E-state index is 0.0234. The molecule has 11 nitrogen and oxygen atoms in total. The van der Waals surface area contributed by atoms with Gasteiger partial charge in [0.1, 0.15) is 11.4 Å². The van der Waals surface area contributed by atoms with Gasteiger partial charge in [-0.3, -0.25) is 20.3 Å². The van der Waals surface area contributed by atoms with E-state index in [1.165, 1.54) is 30.3 Å². The third-order valence-electron chi connectivity index (χ3n) is 5.69. The highest BCUT2D eigenvalue weighted by Crippen LogP contribution is 2.29. The zero-order valence-corrected chi connectivity index (χ0v) is 21.0. The second-order valence-electron chi connectivity index (χ2n) is 8.13. The topological polar surface area (TPSA) is 160 Å². The molecule has 38 heavy (non-hydrogen) atoms. The number of carboxylic acid groups (broad SMARTS) is 1. The molecular formula is C26H22N4O7S. The Morgan fingerprint density at radius 1 is 0.974 bits per heavy atom. The largest absolute Gasteiger partial charge is 0.497 e. The third-order valence-corrected chi connectivity index (χ3v) is 7.05. The van der Waals surface area contributed by atoms with Crippen molar-refractivity contribution in [3.05, 3.63) is 100 Å². The van der Waals surface area contributed by atoms with Gasteiger partial charge in [0.25, 0.3) is 15.7 Å². The van der Waals surface area contributed by atoms with Crippen molar-refractivity contribution in [1.29, 1.82) is 0 Å². The van der Waals surface area contributed by atoms with Gasteiger partial charge in [0, 0.05) is 6.07 Å². The van der Waals surface area contributed by atoms with E-state index in [0.717, 1.165) is 34.2 Å². The molecule has 0 aromatic heterocycles. The number of carbonyl (C=O) groups is 1. The SMILES string of the molecule is COc1ccc2cc(C(C)=NNc3ccc(S(=O)(=O)Nc4ccccc4C(=O)O)cc3[N+](=O)[O-])ccc2c1. The minimum atomic E-state index is -4.33. The lowest BCUT2D eigenvalue weighted by atomic mass is 10.0. The Morgan fingerprint density at radius 2 is 1.68 bits per heavy atom. The number of hydrazone groups is 1. The maximum atomic E-state index is 12.9. The number of nitro benzene ring substituents is 1. The van der Waals surface area contributed by atoms with Gasteiger partial charge < -0.3 is 9.84 Å². The lowest BCUT2D eigenvalue weighted by Crippen LogP contribution is -2.16. The van der Waals surface area contributed by atoms with Crippen molar-refractivity contribution in [2.24, 2.45) is 5.10 Å². The minimum Gasteiger partial charge on any atom is -0.497 e. The number of fused-ring (bicyclic) bond motifs is 1. The summed E-state index contributed by atoms with van der Waals surface area (Å²) in [5.41, 5.74) is 2.98. The Balaban J connectivity index is 1.60. The van der Waals surface area contributed by atoms with Crippen LogP contribution in [-0.2, 0) is 10.0 Å². The van der Waals surface area contributed by atoms with Crippen molar-refractivity contribution in [2.45, 2.75) is 11.8 Å². The standard InChI is InChI=1S/C26H22N4O7S/c1-16(17-7-8-19-14-20(37-2)10-9-18(19)13-17)27-28-24-12-11-21(15-25(24)30(33)34)38(35,36)29-23-6-4-3-5-22(23)26(31)32/h3-15,28-29H,1-2H3,(H,31,32). The van der Waals surface area contributed by atoms with Crippen LogP contribution in [0, 0.1) is 10.1 Å². The molecule has 12 heteroatoms. The summed E-state index contributed by atoms with van der Waals surface area (Å²) in [5.74, 6) is -0.593. The molecule has 4 aromatic rings. The van der Waals surface area contributed by atoms with E-state index in [4.69, 9.17) is 4.74 Å². The lowest BCUT2D eigenvalue weighted by Gasteiger charge is -2.11. The number of aromatic carboxylic acids is 1. The number of rotatable bonds is 9. The first kappa shape index (κ1) is 26.1. The molecule has 194 valence electrons. The Hall–Kier alpha value is -4.97. The van der Waals surface area contributed by atoms with Crippen LogP contribution >= 0.6 is 0 Å². The monoisotopic (exact) mass is 534 g/mol. The van der Waals surface area contributed by atoms with Crippen LogP contribution in [0.25, 0.3) is 10.8 Å². The molecule has 0 unspecified atom stereocenters. The molecule has 0 bridgehead atoms. The summed E-state index contributed by atoms with van der Waals surface area (Å²) in [6, 6.07) is 20.0. The van der Waals surface area contributed by atoms with Gasteiger partial charge in [0.2, 0.25) is 0 Å². The Labute approximate surface area is 217 Å². The molecule has 4 rings (SSSR count). The van der Waals surface area contributed by atoms with Crippen molar-refractivity contribution in [2.75, 3.05) is 17.3 Å². The van der Waals surface area contributed by atoms with Crippen LogP contribution in [0.4, 0.5) is 17.1 Å². The van der Waals surface area contributed by atoms with Crippen LogP contribution in [0.3, 0.4) is 0 Å². The van der Waals surface area contributed by atoms with E-state index in [1.54, 1.807) is 14.0 Å². The number of sulfonamides is 1. The molecule has 0 fully saturated rings. The van der Waals surface area contributed by atoms with Gasteiger partial charge in [0.05, 0.1) is 33.9 Å². The number of hydrogen-bond donors (Lipinski definition) is 3. The van der Waals surface area contributed by atoms with Gasteiger partial charge in [-0.15, -0.1) is 0 Å². The summed E-state index contributed by atoms with van der Waals surface area (Å²) >= 11 is 0. The molecule has 0 saturated carbocycles. The highest BCUT2D eigenvalue weighted by atomic mass is 32.2. The summed E-state index contributed by atoms with van der Waals surface area (Å²) in [6.07, 6.45) is 0. The number of hydrogen-bond acceptors (Lipinski definition) is 8. The number of ether oxygens (including phenoxy) is 1. The molecule has 0 saturated heterocycles. The zero-order valence-electron chi connectivity index (χ0n) is 20.2. The predicted octanol–water partition coefficient (Wildman–Crippen LogP) is 5.09. The van der Waals surface area contributed by atoms with Crippen LogP contribution in [0.15, 0.2) is 88.9 Å². The van der Waals surface area contributed by atoms with Crippen molar-refractivity contribution >= 4 is 49.5 Å². The second-order valence-corrected chi connectivity index (χ2v) is 9.81. The molecular weight excluding hydrogens is 512 g/mol. The first-order valence-corrected chi connectivity index (χ1v) is 12.6. The van der Waals surface area contributed by atoms with E-state index in [0.29, 0.717) is 5.71 Å². The lowest BCUT2D eigenvalue weighted by molar-refractivity contribution is -0.384. The maximum absolute atomic E-state index is 12.9. The van der Waals surface area contributed by atoms with E-state index in [2.05, 4.69) is 15.2 Å². The predicted molar refractivity (Wildman–Crippen MR) is 144 cm³/mol. The van der Waals surface area contributed by atoms with Crippen LogP contribution in [-0.4, -0.2) is 37.2 Å². The molecule has 0 spiro atoms. The fraction of sp³-hybridized carbons (Fsp3) is 0.0769. The van der Waals surface area contributed by atoms with Crippen molar-refractivity contribution < 1.29 is 28.0 Å². The molecule has 3 N–H and O–H groups in total. The normalized spacial score (nSPS) is 11.7. The van der Waals surface area contributed by atoms with Crippen molar-refractivity contribution in [3.63, 3.8) is 0 Å². The first-order valence-electron chi connectivity index (χ1n) is 11.1. The van der Waals surface area contributed by atoms with Crippen LogP contribution in [0.1, 0.15) is 22.8 Å². The summed E-state index contributed by atoms with van der Waals surface area (Å²) in [7, 11) is -2.74. The number of nitro groups is 1. The van der Waals surface area contributed by atoms with Crippen LogP contribution in [0.5, 0.6) is 5.75 Å². The number of methoxy groups -OCH3 is 1. The van der Waals surface area contributed by atoms with E-state index < -0.39 is 31.5 Å². The fourth-order valence-corrected chi connectivity index (χ4v) is 4.77. The van der Waals surface area contributed by atoms with Gasteiger partial charge in [0.15, 0.2) is 0 Å². The summed E-state index contributed by atoms with van der Waals surface area (Å²) in [5, 5.41) is 27.2. The highest BCUT2D eigenvalue weighted by Gasteiger charge is 2.23. The molecule has 0 radical (unpaired) electrons. The quantitative estimate of drug-likeness (QED) is 0.152. The molecule has 4 aromatic carbocycles. The number of benzene rings is 4. The molecule has 0 amide bonds. The van der Waals surface area contributed by atoms with Gasteiger partial charge in [-0.25, -0.2) is 13.2 Å². The molecule has 0 aliphatic rings. The summed E-state index contributed by atoms with van der Waals surface area (Å²) < 4.78 is 33.2. The van der Waals surface area contributed by atoms with Gasteiger partial charge in [-0.05, 0) is 65.7 Å². The summed E-state index contributed by atoms with van der Waals surface area (Å²) in [4.78, 5) is 22.0. The third kappa shape index (κ3) is 5.55. The van der Waals surface area contributed by atoms with E-state index in [1.807, 2.05) is 36.4 Å². The molecule has 0 aliphatic carbocycles. The van der Waals surface area contributed by atoms with Gasteiger partial charge in [-0.2, -0.15) is 5.10 Å².